The van der Waals surface area contributed by atoms with Crippen LogP contribution in [-0.2, 0) is 6.42 Å². The molecule has 0 atom stereocenters. The Bertz CT molecular complexity index is 691. The summed E-state index contributed by atoms with van der Waals surface area (Å²) in [5, 5.41) is 9.10. The first kappa shape index (κ1) is 11.7. The molecule has 90 valence electrons. The maximum absolute atomic E-state index is 5.87. The number of fused-ring (bicyclic) bond motifs is 1. The summed E-state index contributed by atoms with van der Waals surface area (Å²) in [4.78, 5) is 0. The van der Waals surface area contributed by atoms with Gasteiger partial charge < -0.3 is 0 Å². The van der Waals surface area contributed by atoms with E-state index in [4.69, 9.17) is 11.6 Å². The smallest absolute Gasteiger partial charge is 0.160 e. The van der Waals surface area contributed by atoms with Gasteiger partial charge in [0.15, 0.2) is 5.65 Å². The molecule has 3 aromatic rings. The molecule has 0 radical (unpaired) electrons. The number of rotatable bonds is 2. The van der Waals surface area contributed by atoms with E-state index in [1.807, 2.05) is 47.0 Å². The SMILES string of the molecule is Clc1ccc(Cc2nnc3ccc(Br)cn23)cc1. The van der Waals surface area contributed by atoms with E-state index in [2.05, 4.69) is 26.1 Å². The fraction of sp³-hybridized carbons (Fsp3) is 0.0769. The van der Waals surface area contributed by atoms with Gasteiger partial charge in [-0.15, -0.1) is 10.2 Å². The van der Waals surface area contributed by atoms with Crippen molar-refractivity contribution in [1.82, 2.24) is 14.6 Å². The molecular formula is C13H9BrClN3. The van der Waals surface area contributed by atoms with Crippen molar-refractivity contribution in [2.75, 3.05) is 0 Å². The highest BCUT2D eigenvalue weighted by molar-refractivity contribution is 9.10. The Morgan fingerprint density at radius 2 is 1.83 bits per heavy atom. The summed E-state index contributed by atoms with van der Waals surface area (Å²) < 4.78 is 2.99. The molecule has 0 aliphatic carbocycles. The number of benzene rings is 1. The molecule has 3 rings (SSSR count). The van der Waals surface area contributed by atoms with Gasteiger partial charge >= 0.3 is 0 Å². The highest BCUT2D eigenvalue weighted by atomic mass is 79.9. The summed E-state index contributed by atoms with van der Waals surface area (Å²) in [5.41, 5.74) is 2.01. The molecule has 1 aromatic carbocycles. The maximum Gasteiger partial charge on any atom is 0.160 e. The van der Waals surface area contributed by atoms with Crippen LogP contribution in [0.2, 0.25) is 5.02 Å². The van der Waals surface area contributed by atoms with Crippen LogP contribution in [0.1, 0.15) is 11.4 Å². The van der Waals surface area contributed by atoms with Gasteiger partial charge in [-0.05, 0) is 45.8 Å². The molecule has 0 N–H and O–H groups in total. The van der Waals surface area contributed by atoms with Crippen LogP contribution in [-0.4, -0.2) is 14.6 Å². The zero-order valence-corrected chi connectivity index (χ0v) is 11.7. The first-order valence-electron chi connectivity index (χ1n) is 5.46. The summed E-state index contributed by atoms with van der Waals surface area (Å²) in [5.74, 6) is 0.911. The number of pyridine rings is 1. The van der Waals surface area contributed by atoms with Gasteiger partial charge in [-0.25, -0.2) is 0 Å². The lowest BCUT2D eigenvalue weighted by molar-refractivity contribution is 0.933. The van der Waals surface area contributed by atoms with Crippen molar-refractivity contribution < 1.29 is 0 Å². The number of aromatic nitrogens is 3. The third-order valence-electron chi connectivity index (χ3n) is 2.71. The number of halogens is 2. The Morgan fingerprint density at radius 1 is 1.06 bits per heavy atom. The number of hydrogen-bond acceptors (Lipinski definition) is 2. The van der Waals surface area contributed by atoms with Crippen LogP contribution in [0.3, 0.4) is 0 Å². The van der Waals surface area contributed by atoms with Crippen molar-refractivity contribution >= 4 is 33.2 Å². The fourth-order valence-electron chi connectivity index (χ4n) is 1.82. The highest BCUT2D eigenvalue weighted by Crippen LogP contribution is 2.16. The molecule has 0 amide bonds. The molecule has 2 heterocycles. The van der Waals surface area contributed by atoms with Gasteiger partial charge in [0.2, 0.25) is 0 Å². The quantitative estimate of drug-likeness (QED) is 0.719. The molecule has 2 aromatic heterocycles. The van der Waals surface area contributed by atoms with E-state index in [1.54, 1.807) is 0 Å². The topological polar surface area (TPSA) is 30.2 Å². The number of hydrogen-bond donors (Lipinski definition) is 0. The fourth-order valence-corrected chi connectivity index (χ4v) is 2.28. The summed E-state index contributed by atoms with van der Waals surface area (Å²) >= 11 is 9.32. The normalized spacial score (nSPS) is 11.0. The lowest BCUT2D eigenvalue weighted by Crippen LogP contribution is -1.96. The van der Waals surface area contributed by atoms with E-state index in [1.165, 1.54) is 0 Å². The third kappa shape index (κ3) is 2.26. The predicted molar refractivity (Wildman–Crippen MR) is 74.9 cm³/mol. The van der Waals surface area contributed by atoms with E-state index < -0.39 is 0 Å². The maximum atomic E-state index is 5.87. The van der Waals surface area contributed by atoms with E-state index >= 15 is 0 Å². The summed E-state index contributed by atoms with van der Waals surface area (Å²) in [6, 6.07) is 11.7. The second kappa shape index (κ2) is 4.71. The average Bonchev–Trinajstić information content (AvgIpc) is 2.75. The minimum absolute atomic E-state index is 0.731. The second-order valence-electron chi connectivity index (χ2n) is 3.99. The molecule has 18 heavy (non-hydrogen) atoms. The molecular weight excluding hydrogens is 314 g/mol. The first-order valence-corrected chi connectivity index (χ1v) is 6.63. The number of nitrogens with zero attached hydrogens (tertiary/aromatic N) is 3. The van der Waals surface area contributed by atoms with Gasteiger partial charge in [0.25, 0.3) is 0 Å². The summed E-state index contributed by atoms with van der Waals surface area (Å²) in [7, 11) is 0. The Labute approximate surface area is 118 Å². The first-order chi connectivity index (χ1) is 8.72. The molecule has 0 fully saturated rings. The largest absolute Gasteiger partial charge is 0.285 e. The van der Waals surface area contributed by atoms with Gasteiger partial charge in [-0.3, -0.25) is 4.40 Å². The van der Waals surface area contributed by atoms with Crippen molar-refractivity contribution in [2.24, 2.45) is 0 Å². The van der Waals surface area contributed by atoms with Crippen molar-refractivity contribution in [3.63, 3.8) is 0 Å². The van der Waals surface area contributed by atoms with Crippen molar-refractivity contribution in [2.45, 2.75) is 6.42 Å². The van der Waals surface area contributed by atoms with Crippen LogP contribution in [0, 0.1) is 0 Å². The zero-order valence-electron chi connectivity index (χ0n) is 9.35. The van der Waals surface area contributed by atoms with Crippen LogP contribution < -0.4 is 0 Å². The standard InChI is InChI=1S/C13H9BrClN3/c14-10-3-6-12-16-17-13(18(12)8-10)7-9-1-4-11(15)5-2-9/h1-6,8H,7H2. The zero-order chi connectivity index (χ0) is 12.5. The highest BCUT2D eigenvalue weighted by Gasteiger charge is 2.06. The molecule has 0 unspecified atom stereocenters. The van der Waals surface area contributed by atoms with Crippen molar-refractivity contribution in [3.05, 3.63) is 63.5 Å². The third-order valence-corrected chi connectivity index (χ3v) is 3.43. The lowest BCUT2D eigenvalue weighted by atomic mass is 10.1. The molecule has 0 saturated heterocycles. The van der Waals surface area contributed by atoms with Crippen LogP contribution in [0.5, 0.6) is 0 Å². The minimum Gasteiger partial charge on any atom is -0.285 e. The van der Waals surface area contributed by atoms with Gasteiger partial charge in [0, 0.05) is 22.1 Å². The Balaban J connectivity index is 1.99. The molecule has 0 aliphatic heterocycles. The molecule has 0 spiro atoms. The van der Waals surface area contributed by atoms with Gasteiger partial charge in [-0.2, -0.15) is 0 Å². The van der Waals surface area contributed by atoms with E-state index in [0.29, 0.717) is 0 Å². The van der Waals surface area contributed by atoms with Crippen molar-refractivity contribution in [1.29, 1.82) is 0 Å². The minimum atomic E-state index is 0.731. The summed E-state index contributed by atoms with van der Waals surface area (Å²) in [6.07, 6.45) is 2.70. The molecule has 0 aliphatic rings. The Morgan fingerprint density at radius 3 is 2.61 bits per heavy atom. The lowest BCUT2D eigenvalue weighted by Gasteiger charge is -2.01. The van der Waals surface area contributed by atoms with Gasteiger partial charge in [0.05, 0.1) is 0 Å². The van der Waals surface area contributed by atoms with E-state index in [-0.39, 0.29) is 0 Å². The van der Waals surface area contributed by atoms with Crippen LogP contribution in [0.15, 0.2) is 47.1 Å². The van der Waals surface area contributed by atoms with Gasteiger partial charge in [-0.1, -0.05) is 23.7 Å². The predicted octanol–water partition coefficient (Wildman–Crippen LogP) is 3.74. The summed E-state index contributed by atoms with van der Waals surface area (Å²) in [6.45, 7) is 0. The Hall–Kier alpha value is -1.39. The molecule has 0 bridgehead atoms. The molecule has 0 saturated carbocycles. The van der Waals surface area contributed by atoms with E-state index in [0.717, 1.165) is 33.0 Å². The van der Waals surface area contributed by atoms with Gasteiger partial charge in [0.1, 0.15) is 5.82 Å². The average molecular weight is 323 g/mol. The monoisotopic (exact) mass is 321 g/mol. The van der Waals surface area contributed by atoms with Crippen LogP contribution >= 0.6 is 27.5 Å². The van der Waals surface area contributed by atoms with Crippen LogP contribution in [0.25, 0.3) is 5.65 Å². The Kier molecular flexibility index (Phi) is 3.06. The van der Waals surface area contributed by atoms with E-state index in [9.17, 15) is 0 Å². The van der Waals surface area contributed by atoms with Crippen LogP contribution in [0.4, 0.5) is 0 Å². The molecule has 3 nitrogen and oxygen atoms in total. The molecule has 5 heteroatoms. The second-order valence-corrected chi connectivity index (χ2v) is 5.35. The van der Waals surface area contributed by atoms with Crippen molar-refractivity contribution in [3.8, 4) is 0 Å².